The van der Waals surface area contributed by atoms with Crippen LogP contribution < -0.4 is 5.32 Å². The standard InChI is InChI=1S/C16H14BrF2NO/c1-9-11(5-3-6-12(9)17)16(21)20-10(2)15-13(18)7-4-8-14(15)19/h3-8,10H,1-2H3,(H,20,21). The van der Waals surface area contributed by atoms with E-state index in [1.807, 2.05) is 6.07 Å². The van der Waals surface area contributed by atoms with Crippen molar-refractivity contribution >= 4 is 21.8 Å². The molecule has 0 radical (unpaired) electrons. The topological polar surface area (TPSA) is 29.1 Å². The van der Waals surface area contributed by atoms with E-state index in [0.717, 1.165) is 10.0 Å². The second-order valence-corrected chi connectivity index (χ2v) is 5.60. The van der Waals surface area contributed by atoms with Crippen molar-refractivity contribution in [1.29, 1.82) is 0 Å². The molecule has 0 bridgehead atoms. The SMILES string of the molecule is Cc1c(Br)cccc1C(=O)NC(C)c1c(F)cccc1F. The minimum Gasteiger partial charge on any atom is -0.345 e. The number of benzene rings is 2. The zero-order chi connectivity index (χ0) is 15.6. The van der Waals surface area contributed by atoms with E-state index in [9.17, 15) is 13.6 Å². The summed E-state index contributed by atoms with van der Waals surface area (Å²) in [5.41, 5.74) is 1.10. The third-order valence-corrected chi connectivity index (χ3v) is 4.15. The predicted octanol–water partition coefficient (Wildman–Crippen LogP) is 4.53. The summed E-state index contributed by atoms with van der Waals surface area (Å²) >= 11 is 3.35. The van der Waals surface area contributed by atoms with Gasteiger partial charge in [-0.15, -0.1) is 0 Å². The summed E-state index contributed by atoms with van der Waals surface area (Å²) in [6, 6.07) is 8.10. The molecule has 1 amide bonds. The zero-order valence-electron chi connectivity index (χ0n) is 11.6. The molecular weight excluding hydrogens is 340 g/mol. The highest BCUT2D eigenvalue weighted by atomic mass is 79.9. The molecule has 0 aromatic heterocycles. The lowest BCUT2D eigenvalue weighted by Crippen LogP contribution is -2.28. The van der Waals surface area contributed by atoms with Crippen molar-refractivity contribution < 1.29 is 13.6 Å². The molecule has 0 heterocycles. The normalized spacial score (nSPS) is 12.0. The maximum absolute atomic E-state index is 13.7. The van der Waals surface area contributed by atoms with Crippen LogP contribution in [0.5, 0.6) is 0 Å². The Hall–Kier alpha value is -1.75. The van der Waals surface area contributed by atoms with Crippen molar-refractivity contribution in [2.75, 3.05) is 0 Å². The van der Waals surface area contributed by atoms with Crippen molar-refractivity contribution in [3.63, 3.8) is 0 Å². The zero-order valence-corrected chi connectivity index (χ0v) is 13.2. The molecule has 0 saturated heterocycles. The molecule has 0 aliphatic heterocycles. The van der Waals surface area contributed by atoms with Crippen LogP contribution in [0.15, 0.2) is 40.9 Å². The second-order valence-electron chi connectivity index (χ2n) is 4.74. The van der Waals surface area contributed by atoms with Crippen molar-refractivity contribution in [2.24, 2.45) is 0 Å². The van der Waals surface area contributed by atoms with Gasteiger partial charge in [0.25, 0.3) is 5.91 Å². The maximum Gasteiger partial charge on any atom is 0.252 e. The van der Waals surface area contributed by atoms with E-state index in [4.69, 9.17) is 0 Å². The fourth-order valence-corrected chi connectivity index (χ4v) is 2.49. The average molecular weight is 354 g/mol. The van der Waals surface area contributed by atoms with Gasteiger partial charge in [-0.05, 0) is 43.7 Å². The van der Waals surface area contributed by atoms with E-state index in [-0.39, 0.29) is 11.5 Å². The third kappa shape index (κ3) is 3.29. The van der Waals surface area contributed by atoms with Crippen LogP contribution in [0.3, 0.4) is 0 Å². The lowest BCUT2D eigenvalue weighted by molar-refractivity contribution is 0.0938. The van der Waals surface area contributed by atoms with E-state index in [1.165, 1.54) is 18.2 Å². The maximum atomic E-state index is 13.7. The molecule has 0 aliphatic carbocycles. The van der Waals surface area contributed by atoms with Crippen molar-refractivity contribution in [3.05, 3.63) is 69.2 Å². The first-order valence-electron chi connectivity index (χ1n) is 6.41. The minimum absolute atomic E-state index is 0.140. The number of hydrogen-bond donors (Lipinski definition) is 1. The molecule has 0 saturated carbocycles. The van der Waals surface area contributed by atoms with Crippen LogP contribution in [0.25, 0.3) is 0 Å². The van der Waals surface area contributed by atoms with Gasteiger partial charge in [-0.3, -0.25) is 4.79 Å². The molecule has 0 spiro atoms. The number of amides is 1. The minimum atomic E-state index is -0.767. The fourth-order valence-electron chi connectivity index (χ4n) is 2.12. The van der Waals surface area contributed by atoms with E-state index in [1.54, 1.807) is 26.0 Å². The summed E-state index contributed by atoms with van der Waals surface area (Å²) in [5, 5.41) is 2.62. The highest BCUT2D eigenvalue weighted by Crippen LogP contribution is 2.23. The Labute approximate surface area is 130 Å². The molecule has 0 fully saturated rings. The molecule has 2 aromatic rings. The average Bonchev–Trinajstić information content (AvgIpc) is 2.41. The molecule has 2 nitrogen and oxygen atoms in total. The highest BCUT2D eigenvalue weighted by Gasteiger charge is 2.19. The lowest BCUT2D eigenvalue weighted by atomic mass is 10.0. The van der Waals surface area contributed by atoms with E-state index < -0.39 is 17.7 Å². The van der Waals surface area contributed by atoms with Crippen molar-refractivity contribution in [3.8, 4) is 0 Å². The quantitative estimate of drug-likeness (QED) is 0.862. The van der Waals surface area contributed by atoms with Gasteiger partial charge in [-0.2, -0.15) is 0 Å². The first kappa shape index (κ1) is 15.6. The fraction of sp³-hybridized carbons (Fsp3) is 0.188. The molecular formula is C16H14BrF2NO. The summed E-state index contributed by atoms with van der Waals surface area (Å²) in [4.78, 5) is 12.2. The number of halogens is 3. The van der Waals surface area contributed by atoms with Crippen LogP contribution in [0.4, 0.5) is 8.78 Å². The van der Waals surface area contributed by atoms with Crippen LogP contribution >= 0.6 is 15.9 Å². The van der Waals surface area contributed by atoms with Gasteiger partial charge in [0, 0.05) is 15.6 Å². The largest absolute Gasteiger partial charge is 0.345 e. The highest BCUT2D eigenvalue weighted by molar-refractivity contribution is 9.10. The van der Waals surface area contributed by atoms with Gasteiger partial charge in [-0.1, -0.05) is 28.1 Å². The van der Waals surface area contributed by atoms with Gasteiger partial charge >= 0.3 is 0 Å². The molecule has 2 aromatic carbocycles. The summed E-state index contributed by atoms with van der Waals surface area (Å²) in [7, 11) is 0. The number of carbonyl (C=O) groups excluding carboxylic acids is 1. The van der Waals surface area contributed by atoms with Crippen LogP contribution in [0, 0.1) is 18.6 Å². The molecule has 5 heteroatoms. The summed E-state index contributed by atoms with van der Waals surface area (Å²) < 4.78 is 28.2. The first-order chi connectivity index (χ1) is 9.91. The molecule has 1 atom stereocenters. The van der Waals surface area contributed by atoms with E-state index in [2.05, 4.69) is 21.2 Å². The Bertz CT molecular complexity index is 668. The molecule has 110 valence electrons. The van der Waals surface area contributed by atoms with Gasteiger partial charge in [0.05, 0.1) is 6.04 Å². The Balaban J connectivity index is 2.25. The summed E-state index contributed by atoms with van der Waals surface area (Å²) in [5.74, 6) is -1.72. The van der Waals surface area contributed by atoms with Crippen molar-refractivity contribution in [1.82, 2.24) is 5.32 Å². The third-order valence-electron chi connectivity index (χ3n) is 3.29. The number of carbonyl (C=O) groups is 1. The molecule has 2 rings (SSSR count). The molecule has 0 aliphatic rings. The Morgan fingerprint density at radius 2 is 1.71 bits per heavy atom. The van der Waals surface area contributed by atoms with Gasteiger partial charge in [0.2, 0.25) is 0 Å². The number of rotatable bonds is 3. The van der Waals surface area contributed by atoms with Gasteiger partial charge < -0.3 is 5.32 Å². The van der Waals surface area contributed by atoms with Crippen LogP contribution in [0.1, 0.15) is 34.5 Å². The molecule has 1 N–H and O–H groups in total. The summed E-state index contributed by atoms with van der Waals surface area (Å²) in [6.45, 7) is 3.35. The van der Waals surface area contributed by atoms with Crippen LogP contribution in [0.2, 0.25) is 0 Å². The molecule has 21 heavy (non-hydrogen) atoms. The second kappa shape index (κ2) is 6.35. The number of nitrogens with one attached hydrogen (secondary N) is 1. The van der Waals surface area contributed by atoms with E-state index in [0.29, 0.717) is 5.56 Å². The Morgan fingerprint density at radius 1 is 1.14 bits per heavy atom. The predicted molar refractivity (Wildman–Crippen MR) is 81.1 cm³/mol. The summed E-state index contributed by atoms with van der Waals surface area (Å²) in [6.07, 6.45) is 0. The van der Waals surface area contributed by atoms with E-state index >= 15 is 0 Å². The number of hydrogen-bond acceptors (Lipinski definition) is 1. The Kier molecular flexibility index (Phi) is 4.73. The van der Waals surface area contributed by atoms with Crippen molar-refractivity contribution in [2.45, 2.75) is 19.9 Å². The smallest absolute Gasteiger partial charge is 0.252 e. The van der Waals surface area contributed by atoms with Gasteiger partial charge in [0.1, 0.15) is 11.6 Å². The lowest BCUT2D eigenvalue weighted by Gasteiger charge is -2.17. The van der Waals surface area contributed by atoms with Gasteiger partial charge in [-0.25, -0.2) is 8.78 Å². The monoisotopic (exact) mass is 353 g/mol. The van der Waals surface area contributed by atoms with Gasteiger partial charge in [0.15, 0.2) is 0 Å². The Morgan fingerprint density at radius 3 is 2.33 bits per heavy atom. The first-order valence-corrected chi connectivity index (χ1v) is 7.21. The van der Waals surface area contributed by atoms with Crippen LogP contribution in [-0.4, -0.2) is 5.91 Å². The molecule has 1 unspecified atom stereocenters. The van der Waals surface area contributed by atoms with Crippen LogP contribution in [-0.2, 0) is 0 Å².